The number of hydrogen-bond donors (Lipinski definition) is 1. The first kappa shape index (κ1) is 16.4. The molecule has 0 radical (unpaired) electrons. The molecule has 132 valence electrons. The van der Waals surface area contributed by atoms with Gasteiger partial charge >= 0.3 is 0 Å². The summed E-state index contributed by atoms with van der Waals surface area (Å²) in [5, 5.41) is 8.48. The summed E-state index contributed by atoms with van der Waals surface area (Å²) in [7, 11) is 0. The van der Waals surface area contributed by atoms with Crippen molar-refractivity contribution in [2.45, 2.75) is 32.4 Å². The largest absolute Gasteiger partial charge is 0.483 e. The van der Waals surface area contributed by atoms with Gasteiger partial charge in [-0.1, -0.05) is 30.9 Å². The van der Waals surface area contributed by atoms with E-state index in [1.54, 1.807) is 6.08 Å². The van der Waals surface area contributed by atoms with Gasteiger partial charge in [0.2, 0.25) is 5.91 Å². The Bertz CT molecular complexity index is 1000. The summed E-state index contributed by atoms with van der Waals surface area (Å²) in [5.74, 6) is 0.610. The molecular weight excluding hydrogens is 326 g/mol. The van der Waals surface area contributed by atoms with Gasteiger partial charge in [0.15, 0.2) is 5.75 Å². The van der Waals surface area contributed by atoms with E-state index < -0.39 is 0 Å². The fraction of sp³-hybridized carbons (Fsp3) is 0.238. The van der Waals surface area contributed by atoms with E-state index in [2.05, 4.69) is 49.0 Å². The molecule has 1 N–H and O–H groups in total. The third kappa shape index (κ3) is 2.75. The number of anilines is 1. The molecule has 0 aliphatic carbocycles. The van der Waals surface area contributed by atoms with Crippen molar-refractivity contribution in [3.8, 4) is 16.9 Å². The second-order valence-electron chi connectivity index (χ2n) is 6.78. The van der Waals surface area contributed by atoms with E-state index in [1.165, 1.54) is 0 Å². The topological polar surface area (TPSA) is 56.2 Å². The van der Waals surface area contributed by atoms with Crippen molar-refractivity contribution in [2.75, 3.05) is 5.32 Å². The van der Waals surface area contributed by atoms with Gasteiger partial charge < -0.3 is 10.1 Å². The minimum absolute atomic E-state index is 0.0699. The lowest BCUT2D eigenvalue weighted by atomic mass is 10.0. The molecular formula is C21H21N3O2. The monoisotopic (exact) mass is 347 g/mol. The molecule has 3 aromatic rings. The van der Waals surface area contributed by atoms with Gasteiger partial charge in [-0.05, 0) is 37.6 Å². The summed E-state index contributed by atoms with van der Waals surface area (Å²) in [4.78, 5) is 12.1. The van der Waals surface area contributed by atoms with Crippen LogP contribution in [0.5, 0.6) is 5.75 Å². The molecule has 0 saturated carbocycles. The van der Waals surface area contributed by atoms with Crippen LogP contribution in [0.25, 0.3) is 22.0 Å². The van der Waals surface area contributed by atoms with E-state index in [0.717, 1.165) is 22.0 Å². The molecule has 1 aliphatic rings. The predicted octanol–water partition coefficient (Wildman–Crippen LogP) is 4.56. The van der Waals surface area contributed by atoms with Crippen LogP contribution in [0.1, 0.15) is 26.3 Å². The smallest absolute Gasteiger partial charge is 0.228 e. The van der Waals surface area contributed by atoms with Crippen LogP contribution in [0, 0.1) is 0 Å². The van der Waals surface area contributed by atoms with Crippen molar-refractivity contribution >= 4 is 22.5 Å². The Morgan fingerprint density at radius 1 is 1.35 bits per heavy atom. The van der Waals surface area contributed by atoms with E-state index >= 15 is 0 Å². The minimum Gasteiger partial charge on any atom is -0.483 e. The molecule has 5 nitrogen and oxygen atoms in total. The number of carbonyl (C=O) groups is 1. The quantitative estimate of drug-likeness (QED) is 0.707. The van der Waals surface area contributed by atoms with Gasteiger partial charge in [0.05, 0.1) is 23.8 Å². The first-order valence-electron chi connectivity index (χ1n) is 8.76. The summed E-state index contributed by atoms with van der Waals surface area (Å²) in [6.45, 7) is 8.01. The van der Waals surface area contributed by atoms with Crippen LogP contribution in [0.15, 0.2) is 55.3 Å². The maximum Gasteiger partial charge on any atom is 0.228 e. The molecule has 2 heterocycles. The Kier molecular flexibility index (Phi) is 3.99. The summed E-state index contributed by atoms with van der Waals surface area (Å²) >= 11 is 0. The molecule has 1 aromatic heterocycles. The van der Waals surface area contributed by atoms with Crippen molar-refractivity contribution < 1.29 is 9.53 Å². The van der Waals surface area contributed by atoms with Crippen molar-refractivity contribution in [3.63, 3.8) is 0 Å². The third-order valence-electron chi connectivity index (χ3n) is 4.60. The van der Waals surface area contributed by atoms with Crippen LogP contribution in [0.2, 0.25) is 0 Å². The minimum atomic E-state index is -0.343. The maximum atomic E-state index is 12.1. The molecule has 2 aromatic carbocycles. The standard InChI is InChI=1S/C21H21N3O2/c1-4-16-11-20(25)23-18-7-5-6-17(21(18)26-16)14-8-9-19-15(10-14)12-22-24(19)13(2)3/h4-10,12-13,16H,1,11H2,2-3H3,(H,23,25)/t16-/m1/s1. The number of rotatable bonds is 3. The van der Waals surface area contributed by atoms with Crippen LogP contribution < -0.4 is 10.1 Å². The van der Waals surface area contributed by atoms with Gasteiger partial charge in [-0.3, -0.25) is 9.48 Å². The normalized spacial score (nSPS) is 16.7. The SMILES string of the molecule is C=C[C@@H]1CC(=O)Nc2cccc(-c3ccc4c(cnn4C(C)C)c3)c2O1. The zero-order valence-electron chi connectivity index (χ0n) is 14.9. The number of nitrogens with zero attached hydrogens (tertiary/aromatic N) is 2. The number of nitrogens with one attached hydrogen (secondary N) is 1. The van der Waals surface area contributed by atoms with E-state index in [0.29, 0.717) is 17.5 Å². The Morgan fingerprint density at radius 2 is 2.19 bits per heavy atom. The second kappa shape index (κ2) is 6.33. The van der Waals surface area contributed by atoms with Crippen LogP contribution in [-0.4, -0.2) is 21.8 Å². The molecule has 1 amide bonds. The lowest BCUT2D eigenvalue weighted by molar-refractivity contribution is -0.117. The van der Waals surface area contributed by atoms with Crippen LogP contribution in [-0.2, 0) is 4.79 Å². The summed E-state index contributed by atoms with van der Waals surface area (Å²) in [6.07, 6.45) is 3.47. The number of amides is 1. The number of aromatic nitrogens is 2. The Hall–Kier alpha value is -3.08. The van der Waals surface area contributed by atoms with Gasteiger partial charge in [-0.15, -0.1) is 0 Å². The number of fused-ring (bicyclic) bond motifs is 2. The Balaban J connectivity index is 1.84. The highest BCUT2D eigenvalue weighted by molar-refractivity contribution is 5.96. The number of para-hydroxylation sites is 1. The van der Waals surface area contributed by atoms with E-state index in [-0.39, 0.29) is 18.4 Å². The molecule has 0 unspecified atom stereocenters. The highest BCUT2D eigenvalue weighted by Gasteiger charge is 2.23. The van der Waals surface area contributed by atoms with Crippen molar-refractivity contribution in [1.29, 1.82) is 0 Å². The molecule has 0 bridgehead atoms. The van der Waals surface area contributed by atoms with Gasteiger partial charge in [-0.2, -0.15) is 5.10 Å². The molecule has 1 atom stereocenters. The molecule has 0 spiro atoms. The molecule has 5 heteroatoms. The predicted molar refractivity (Wildman–Crippen MR) is 103 cm³/mol. The highest BCUT2D eigenvalue weighted by Crippen LogP contribution is 2.40. The summed E-state index contributed by atoms with van der Waals surface area (Å²) in [6, 6.07) is 12.3. The highest BCUT2D eigenvalue weighted by atomic mass is 16.5. The van der Waals surface area contributed by atoms with Gasteiger partial charge in [0, 0.05) is 17.0 Å². The summed E-state index contributed by atoms with van der Waals surface area (Å²) < 4.78 is 8.10. The van der Waals surface area contributed by atoms with Crippen molar-refractivity contribution in [2.24, 2.45) is 0 Å². The van der Waals surface area contributed by atoms with Crippen LogP contribution >= 0.6 is 0 Å². The van der Waals surface area contributed by atoms with Crippen LogP contribution in [0.4, 0.5) is 5.69 Å². The maximum absolute atomic E-state index is 12.1. The Labute approximate surface area is 152 Å². The first-order chi connectivity index (χ1) is 12.6. The summed E-state index contributed by atoms with van der Waals surface area (Å²) in [5.41, 5.74) is 3.76. The average Bonchev–Trinajstić information content (AvgIpc) is 2.97. The van der Waals surface area contributed by atoms with Gasteiger partial charge in [0.25, 0.3) is 0 Å². The van der Waals surface area contributed by atoms with E-state index in [9.17, 15) is 4.79 Å². The molecule has 1 aliphatic heterocycles. The first-order valence-corrected chi connectivity index (χ1v) is 8.76. The Morgan fingerprint density at radius 3 is 2.96 bits per heavy atom. The van der Waals surface area contributed by atoms with E-state index in [1.807, 2.05) is 29.1 Å². The fourth-order valence-electron chi connectivity index (χ4n) is 3.33. The zero-order valence-corrected chi connectivity index (χ0v) is 14.9. The fourth-order valence-corrected chi connectivity index (χ4v) is 3.33. The lowest BCUT2D eigenvalue weighted by Crippen LogP contribution is -2.18. The third-order valence-corrected chi connectivity index (χ3v) is 4.60. The number of ether oxygens (including phenoxy) is 1. The number of hydrogen-bond acceptors (Lipinski definition) is 3. The van der Waals surface area contributed by atoms with E-state index in [4.69, 9.17) is 4.74 Å². The van der Waals surface area contributed by atoms with Crippen molar-refractivity contribution in [1.82, 2.24) is 9.78 Å². The van der Waals surface area contributed by atoms with Crippen LogP contribution in [0.3, 0.4) is 0 Å². The van der Waals surface area contributed by atoms with Crippen molar-refractivity contribution in [3.05, 3.63) is 55.3 Å². The lowest BCUT2D eigenvalue weighted by Gasteiger charge is -2.16. The molecule has 0 fully saturated rings. The average molecular weight is 347 g/mol. The number of carbonyl (C=O) groups excluding carboxylic acids is 1. The van der Waals surface area contributed by atoms with Gasteiger partial charge in [-0.25, -0.2) is 0 Å². The number of benzene rings is 2. The molecule has 26 heavy (non-hydrogen) atoms. The molecule has 4 rings (SSSR count). The zero-order chi connectivity index (χ0) is 18.3. The molecule has 0 saturated heterocycles. The second-order valence-corrected chi connectivity index (χ2v) is 6.78. The van der Waals surface area contributed by atoms with Gasteiger partial charge in [0.1, 0.15) is 6.10 Å².